The molecule has 5 nitrogen and oxygen atoms in total. The van der Waals surface area contributed by atoms with Crippen LogP contribution in [0.3, 0.4) is 0 Å². The Hall–Kier alpha value is -1.47. The number of nitrogens with zero attached hydrogens (tertiary/aromatic N) is 2. The molecule has 0 saturated carbocycles. The maximum absolute atomic E-state index is 11.5. The SMILES string of the molecule is O=C(CCCOc1cccc(Br)c1)Nc1nncs1. The molecule has 1 heterocycles. The van der Waals surface area contributed by atoms with E-state index in [-0.39, 0.29) is 5.91 Å². The van der Waals surface area contributed by atoms with Gasteiger partial charge in [-0.3, -0.25) is 4.79 Å². The molecule has 1 aromatic carbocycles. The summed E-state index contributed by atoms with van der Waals surface area (Å²) in [6.07, 6.45) is 1.05. The monoisotopic (exact) mass is 341 g/mol. The Bertz CT molecular complexity index is 534. The molecular formula is C12H12BrN3O2S. The van der Waals surface area contributed by atoms with Gasteiger partial charge in [0, 0.05) is 10.9 Å². The van der Waals surface area contributed by atoms with Crippen molar-refractivity contribution in [3.8, 4) is 5.75 Å². The molecular weight excluding hydrogens is 330 g/mol. The van der Waals surface area contributed by atoms with Gasteiger partial charge in [-0.1, -0.05) is 33.3 Å². The van der Waals surface area contributed by atoms with Gasteiger partial charge in [-0.05, 0) is 24.6 Å². The molecule has 0 saturated heterocycles. The molecule has 0 spiro atoms. The third-order valence-electron chi connectivity index (χ3n) is 2.22. The van der Waals surface area contributed by atoms with Gasteiger partial charge in [-0.15, -0.1) is 10.2 Å². The fourth-order valence-corrected chi connectivity index (χ4v) is 2.23. The van der Waals surface area contributed by atoms with Crippen molar-refractivity contribution in [1.29, 1.82) is 0 Å². The molecule has 1 amide bonds. The Labute approximate surface area is 123 Å². The van der Waals surface area contributed by atoms with E-state index < -0.39 is 0 Å². The average molecular weight is 342 g/mol. The number of nitrogens with one attached hydrogen (secondary N) is 1. The number of carbonyl (C=O) groups is 1. The first-order chi connectivity index (χ1) is 9.24. The fourth-order valence-electron chi connectivity index (χ4n) is 1.39. The Balaban J connectivity index is 1.65. The molecule has 0 radical (unpaired) electrons. The van der Waals surface area contributed by atoms with Gasteiger partial charge in [-0.25, -0.2) is 0 Å². The second-order valence-electron chi connectivity index (χ2n) is 3.70. The normalized spacial score (nSPS) is 10.2. The summed E-state index contributed by atoms with van der Waals surface area (Å²) in [5.74, 6) is 0.716. The van der Waals surface area contributed by atoms with E-state index in [9.17, 15) is 4.79 Å². The number of hydrogen-bond donors (Lipinski definition) is 1. The molecule has 0 aliphatic rings. The molecule has 2 rings (SSSR count). The summed E-state index contributed by atoms with van der Waals surface area (Å²) in [5.41, 5.74) is 1.58. The van der Waals surface area contributed by atoms with Gasteiger partial charge in [0.25, 0.3) is 0 Å². The highest BCUT2D eigenvalue weighted by Crippen LogP contribution is 2.18. The van der Waals surface area contributed by atoms with Gasteiger partial charge < -0.3 is 10.1 Å². The minimum atomic E-state index is -0.0745. The number of benzene rings is 1. The Morgan fingerprint density at radius 3 is 3.11 bits per heavy atom. The number of ether oxygens (including phenoxy) is 1. The smallest absolute Gasteiger partial charge is 0.226 e. The first kappa shape index (κ1) is 14.0. The van der Waals surface area contributed by atoms with E-state index in [0.29, 0.717) is 24.6 Å². The van der Waals surface area contributed by atoms with E-state index in [4.69, 9.17) is 4.74 Å². The van der Waals surface area contributed by atoms with Crippen LogP contribution in [0.1, 0.15) is 12.8 Å². The van der Waals surface area contributed by atoms with Crippen LogP contribution in [0.15, 0.2) is 34.2 Å². The quantitative estimate of drug-likeness (QED) is 0.820. The molecule has 0 aliphatic carbocycles. The van der Waals surface area contributed by atoms with Crippen molar-refractivity contribution in [2.45, 2.75) is 12.8 Å². The molecule has 0 aliphatic heterocycles. The van der Waals surface area contributed by atoms with Crippen molar-refractivity contribution in [2.75, 3.05) is 11.9 Å². The summed E-state index contributed by atoms with van der Waals surface area (Å²) in [7, 11) is 0. The van der Waals surface area contributed by atoms with Crippen molar-refractivity contribution in [3.63, 3.8) is 0 Å². The lowest BCUT2D eigenvalue weighted by molar-refractivity contribution is -0.116. The number of rotatable bonds is 6. The second kappa shape index (κ2) is 7.20. The zero-order chi connectivity index (χ0) is 13.5. The molecule has 1 aromatic heterocycles. The second-order valence-corrected chi connectivity index (χ2v) is 5.45. The van der Waals surface area contributed by atoms with Crippen molar-refractivity contribution in [3.05, 3.63) is 34.2 Å². The number of hydrogen-bond acceptors (Lipinski definition) is 5. The van der Waals surface area contributed by atoms with Gasteiger partial charge in [0.1, 0.15) is 11.3 Å². The van der Waals surface area contributed by atoms with Crippen LogP contribution in [0.2, 0.25) is 0 Å². The molecule has 0 fully saturated rings. The third-order valence-corrected chi connectivity index (χ3v) is 3.32. The Morgan fingerprint density at radius 2 is 2.37 bits per heavy atom. The largest absolute Gasteiger partial charge is 0.494 e. The topological polar surface area (TPSA) is 64.1 Å². The standard InChI is InChI=1S/C12H12BrN3O2S/c13-9-3-1-4-10(7-9)18-6-2-5-11(17)15-12-16-14-8-19-12/h1,3-4,7-8H,2,5-6H2,(H,15,16,17). The zero-order valence-corrected chi connectivity index (χ0v) is 12.4. The molecule has 1 N–H and O–H groups in total. The van der Waals surface area contributed by atoms with Gasteiger partial charge in [0.2, 0.25) is 11.0 Å². The lowest BCUT2D eigenvalue weighted by atomic mass is 10.3. The highest BCUT2D eigenvalue weighted by molar-refractivity contribution is 9.10. The minimum absolute atomic E-state index is 0.0745. The highest BCUT2D eigenvalue weighted by atomic mass is 79.9. The Kier molecular flexibility index (Phi) is 5.29. The molecule has 7 heteroatoms. The van der Waals surface area contributed by atoms with Crippen molar-refractivity contribution in [1.82, 2.24) is 10.2 Å². The van der Waals surface area contributed by atoms with E-state index in [2.05, 4.69) is 31.4 Å². The van der Waals surface area contributed by atoms with Crippen LogP contribution in [0.4, 0.5) is 5.13 Å². The van der Waals surface area contributed by atoms with E-state index in [0.717, 1.165) is 10.2 Å². The van der Waals surface area contributed by atoms with Gasteiger partial charge in [0.15, 0.2) is 0 Å². The van der Waals surface area contributed by atoms with Gasteiger partial charge >= 0.3 is 0 Å². The summed E-state index contributed by atoms with van der Waals surface area (Å²) in [4.78, 5) is 11.5. The first-order valence-corrected chi connectivity index (χ1v) is 7.36. The summed E-state index contributed by atoms with van der Waals surface area (Å²) in [6, 6.07) is 7.61. The van der Waals surface area contributed by atoms with Crippen molar-refractivity contribution < 1.29 is 9.53 Å². The van der Waals surface area contributed by atoms with Crippen LogP contribution >= 0.6 is 27.3 Å². The number of aromatic nitrogens is 2. The predicted molar refractivity (Wildman–Crippen MR) is 77.4 cm³/mol. The molecule has 2 aromatic rings. The van der Waals surface area contributed by atoms with Crippen LogP contribution in [0, 0.1) is 0 Å². The lowest BCUT2D eigenvalue weighted by Crippen LogP contribution is -2.12. The van der Waals surface area contributed by atoms with E-state index in [1.54, 1.807) is 5.51 Å². The molecule has 100 valence electrons. The zero-order valence-electron chi connectivity index (χ0n) is 10.0. The number of anilines is 1. The summed E-state index contributed by atoms with van der Waals surface area (Å²) < 4.78 is 6.51. The van der Waals surface area contributed by atoms with Crippen LogP contribution in [0.25, 0.3) is 0 Å². The molecule has 0 atom stereocenters. The van der Waals surface area contributed by atoms with Gasteiger partial charge in [-0.2, -0.15) is 0 Å². The van der Waals surface area contributed by atoms with Crippen LogP contribution in [-0.2, 0) is 4.79 Å². The summed E-state index contributed by atoms with van der Waals surface area (Å²) in [5, 5.41) is 10.6. The summed E-state index contributed by atoms with van der Waals surface area (Å²) in [6.45, 7) is 0.500. The molecule has 0 unspecified atom stereocenters. The lowest BCUT2D eigenvalue weighted by Gasteiger charge is -2.06. The van der Waals surface area contributed by atoms with E-state index in [1.807, 2.05) is 24.3 Å². The first-order valence-electron chi connectivity index (χ1n) is 5.68. The van der Waals surface area contributed by atoms with Crippen LogP contribution < -0.4 is 10.1 Å². The maximum Gasteiger partial charge on any atom is 0.226 e. The highest BCUT2D eigenvalue weighted by Gasteiger charge is 2.04. The van der Waals surface area contributed by atoms with E-state index in [1.165, 1.54) is 11.3 Å². The Morgan fingerprint density at radius 1 is 1.47 bits per heavy atom. The summed E-state index contributed by atoms with van der Waals surface area (Å²) >= 11 is 4.67. The molecule has 0 bridgehead atoms. The van der Waals surface area contributed by atoms with Crippen molar-refractivity contribution in [2.24, 2.45) is 0 Å². The number of halogens is 1. The minimum Gasteiger partial charge on any atom is -0.494 e. The predicted octanol–water partition coefficient (Wildman–Crippen LogP) is 3.10. The fraction of sp³-hybridized carbons (Fsp3) is 0.250. The third kappa shape index (κ3) is 4.96. The van der Waals surface area contributed by atoms with Crippen LogP contribution in [0.5, 0.6) is 5.75 Å². The molecule has 19 heavy (non-hydrogen) atoms. The van der Waals surface area contributed by atoms with Gasteiger partial charge in [0.05, 0.1) is 6.61 Å². The van der Waals surface area contributed by atoms with Crippen LogP contribution in [-0.4, -0.2) is 22.7 Å². The average Bonchev–Trinajstić information content (AvgIpc) is 2.87. The van der Waals surface area contributed by atoms with Crippen molar-refractivity contribution >= 4 is 38.3 Å². The number of amides is 1. The number of carbonyl (C=O) groups excluding carboxylic acids is 1. The van der Waals surface area contributed by atoms with E-state index >= 15 is 0 Å². The maximum atomic E-state index is 11.5.